The molecule has 1 aliphatic rings. The van der Waals surface area contributed by atoms with Gasteiger partial charge in [-0.1, -0.05) is 36.4 Å². The normalized spacial score (nSPS) is 13.5. The maximum absolute atomic E-state index is 12.7. The number of carbonyl (C=O) groups excluding carboxylic acids is 1. The van der Waals surface area contributed by atoms with Crippen molar-refractivity contribution >= 4 is 28.2 Å². The average molecular weight is 331 g/mol. The number of carbonyl (C=O) groups is 1. The van der Waals surface area contributed by atoms with E-state index in [1.807, 2.05) is 47.4 Å². The van der Waals surface area contributed by atoms with Crippen molar-refractivity contribution in [2.45, 2.75) is 19.3 Å². The summed E-state index contributed by atoms with van der Waals surface area (Å²) < 4.78 is 0. The van der Waals surface area contributed by atoms with Gasteiger partial charge in [0.1, 0.15) is 0 Å². The van der Waals surface area contributed by atoms with Gasteiger partial charge in [-0.2, -0.15) is 0 Å². The molecule has 126 valence electrons. The Bertz CT molecular complexity index is 901. The monoisotopic (exact) mass is 331 g/mol. The Labute approximate surface area is 147 Å². The summed E-state index contributed by atoms with van der Waals surface area (Å²) in [5.74, 6) is 0.174. The van der Waals surface area contributed by atoms with E-state index in [9.17, 15) is 4.79 Å². The van der Waals surface area contributed by atoms with E-state index in [4.69, 9.17) is 0 Å². The predicted molar refractivity (Wildman–Crippen MR) is 102 cm³/mol. The van der Waals surface area contributed by atoms with Crippen LogP contribution in [0.15, 0.2) is 60.8 Å². The molecule has 4 nitrogen and oxygen atoms in total. The molecule has 0 atom stereocenters. The van der Waals surface area contributed by atoms with Gasteiger partial charge in [0, 0.05) is 36.8 Å². The maximum Gasteiger partial charge on any atom is 0.228 e. The van der Waals surface area contributed by atoms with Crippen molar-refractivity contribution in [3.8, 4) is 0 Å². The molecule has 1 aromatic heterocycles. The van der Waals surface area contributed by atoms with Crippen LogP contribution in [0.4, 0.5) is 11.4 Å². The zero-order chi connectivity index (χ0) is 17.1. The standard InChI is InChI=1S/C21H21N3O/c25-20(24-15-5-9-16-6-1-2-11-19(16)24)12-14-22-18-10-3-7-17-8-4-13-23-21(17)18/h1-4,6-8,10-11,13,22H,5,9,12,14-15H2. The van der Waals surface area contributed by atoms with Gasteiger partial charge in [-0.15, -0.1) is 0 Å². The molecule has 1 amide bonds. The summed E-state index contributed by atoms with van der Waals surface area (Å²) in [6.45, 7) is 1.42. The minimum absolute atomic E-state index is 0.174. The Morgan fingerprint density at radius 3 is 2.92 bits per heavy atom. The molecule has 0 fully saturated rings. The number of pyridine rings is 1. The van der Waals surface area contributed by atoms with Crippen LogP contribution in [0.5, 0.6) is 0 Å². The predicted octanol–water partition coefficient (Wildman–Crippen LogP) is 4.02. The summed E-state index contributed by atoms with van der Waals surface area (Å²) in [5.41, 5.74) is 4.27. The van der Waals surface area contributed by atoms with Crippen molar-refractivity contribution < 1.29 is 4.79 Å². The third-order valence-electron chi connectivity index (χ3n) is 4.70. The minimum Gasteiger partial charge on any atom is -0.383 e. The average Bonchev–Trinajstić information content (AvgIpc) is 2.67. The molecular weight excluding hydrogens is 310 g/mol. The molecule has 0 bridgehead atoms. The lowest BCUT2D eigenvalue weighted by atomic mass is 10.0. The first kappa shape index (κ1) is 15.6. The van der Waals surface area contributed by atoms with Gasteiger partial charge < -0.3 is 10.2 Å². The van der Waals surface area contributed by atoms with E-state index in [0.717, 1.165) is 41.7 Å². The van der Waals surface area contributed by atoms with E-state index in [1.54, 1.807) is 6.20 Å². The molecule has 0 saturated heterocycles. The molecule has 0 aliphatic carbocycles. The van der Waals surface area contributed by atoms with Crippen molar-refractivity contribution in [1.82, 2.24) is 4.98 Å². The highest BCUT2D eigenvalue weighted by Crippen LogP contribution is 2.27. The van der Waals surface area contributed by atoms with Crippen molar-refractivity contribution in [2.75, 3.05) is 23.3 Å². The summed E-state index contributed by atoms with van der Waals surface area (Å²) in [5, 5.41) is 4.47. The fraction of sp³-hybridized carbons (Fsp3) is 0.238. The van der Waals surface area contributed by atoms with Crippen LogP contribution in [0.25, 0.3) is 10.9 Å². The number of benzene rings is 2. The van der Waals surface area contributed by atoms with E-state index in [-0.39, 0.29) is 5.91 Å². The first-order chi connectivity index (χ1) is 12.3. The summed E-state index contributed by atoms with van der Waals surface area (Å²) in [7, 11) is 0. The first-order valence-electron chi connectivity index (χ1n) is 8.79. The van der Waals surface area contributed by atoms with Crippen LogP contribution < -0.4 is 10.2 Å². The molecule has 0 spiro atoms. The third-order valence-corrected chi connectivity index (χ3v) is 4.70. The Morgan fingerprint density at radius 1 is 1.08 bits per heavy atom. The van der Waals surface area contributed by atoms with Crippen molar-refractivity contribution in [1.29, 1.82) is 0 Å². The molecular formula is C21H21N3O. The van der Waals surface area contributed by atoms with Crippen LogP contribution >= 0.6 is 0 Å². The second-order valence-electron chi connectivity index (χ2n) is 6.34. The fourth-order valence-corrected chi connectivity index (χ4v) is 3.48. The lowest BCUT2D eigenvalue weighted by Gasteiger charge is -2.29. The Balaban J connectivity index is 1.43. The van der Waals surface area contributed by atoms with Crippen LogP contribution in [0.1, 0.15) is 18.4 Å². The molecule has 3 aromatic rings. The topological polar surface area (TPSA) is 45.2 Å². The fourth-order valence-electron chi connectivity index (χ4n) is 3.48. The highest BCUT2D eigenvalue weighted by Gasteiger charge is 2.21. The maximum atomic E-state index is 12.7. The number of rotatable bonds is 4. The molecule has 25 heavy (non-hydrogen) atoms. The summed E-state index contributed by atoms with van der Waals surface area (Å²) in [6.07, 6.45) is 4.35. The zero-order valence-electron chi connectivity index (χ0n) is 14.1. The molecule has 2 heterocycles. The summed E-state index contributed by atoms with van der Waals surface area (Å²) in [6, 6.07) is 18.3. The first-order valence-corrected chi connectivity index (χ1v) is 8.79. The molecule has 1 aliphatic heterocycles. The summed E-state index contributed by atoms with van der Waals surface area (Å²) in [4.78, 5) is 19.1. The van der Waals surface area contributed by atoms with Crippen LogP contribution in [-0.2, 0) is 11.2 Å². The highest BCUT2D eigenvalue weighted by atomic mass is 16.2. The Kier molecular flexibility index (Phi) is 4.34. The van der Waals surface area contributed by atoms with Gasteiger partial charge in [0.15, 0.2) is 0 Å². The van der Waals surface area contributed by atoms with Gasteiger partial charge in [0.25, 0.3) is 0 Å². The second kappa shape index (κ2) is 6.93. The number of nitrogens with one attached hydrogen (secondary N) is 1. The third kappa shape index (κ3) is 3.20. The molecule has 0 unspecified atom stereocenters. The van der Waals surface area contributed by atoms with Crippen molar-refractivity contribution in [3.63, 3.8) is 0 Å². The van der Waals surface area contributed by atoms with Gasteiger partial charge in [-0.05, 0) is 36.6 Å². The lowest BCUT2D eigenvalue weighted by Crippen LogP contribution is -2.36. The number of amides is 1. The van der Waals surface area contributed by atoms with Crippen molar-refractivity contribution in [3.05, 3.63) is 66.4 Å². The zero-order valence-corrected chi connectivity index (χ0v) is 14.1. The summed E-state index contributed by atoms with van der Waals surface area (Å²) >= 11 is 0. The van der Waals surface area contributed by atoms with E-state index in [1.165, 1.54) is 5.56 Å². The van der Waals surface area contributed by atoms with Crippen LogP contribution in [0, 0.1) is 0 Å². The van der Waals surface area contributed by atoms with Gasteiger partial charge >= 0.3 is 0 Å². The quantitative estimate of drug-likeness (QED) is 0.785. The van der Waals surface area contributed by atoms with E-state index in [0.29, 0.717) is 13.0 Å². The smallest absolute Gasteiger partial charge is 0.228 e. The molecule has 4 rings (SSSR count). The van der Waals surface area contributed by atoms with Gasteiger partial charge in [-0.25, -0.2) is 0 Å². The molecule has 0 radical (unpaired) electrons. The van der Waals surface area contributed by atoms with E-state index in [2.05, 4.69) is 22.4 Å². The number of anilines is 2. The number of fused-ring (bicyclic) bond motifs is 2. The van der Waals surface area contributed by atoms with E-state index >= 15 is 0 Å². The van der Waals surface area contributed by atoms with Gasteiger partial charge in [0.2, 0.25) is 5.91 Å². The van der Waals surface area contributed by atoms with Crippen LogP contribution in [-0.4, -0.2) is 24.0 Å². The van der Waals surface area contributed by atoms with Crippen LogP contribution in [0.3, 0.4) is 0 Å². The van der Waals surface area contributed by atoms with E-state index < -0.39 is 0 Å². The SMILES string of the molecule is O=C(CCNc1cccc2cccnc12)N1CCCc2ccccc21. The molecule has 1 N–H and O–H groups in total. The second-order valence-corrected chi connectivity index (χ2v) is 6.34. The molecule has 2 aromatic carbocycles. The van der Waals surface area contributed by atoms with Crippen LogP contribution in [0.2, 0.25) is 0 Å². The Hall–Kier alpha value is -2.88. The number of hydrogen-bond donors (Lipinski definition) is 1. The van der Waals surface area contributed by atoms with Crippen molar-refractivity contribution in [2.24, 2.45) is 0 Å². The lowest BCUT2D eigenvalue weighted by molar-refractivity contribution is -0.118. The molecule has 0 saturated carbocycles. The highest BCUT2D eigenvalue weighted by molar-refractivity contribution is 5.95. The number of hydrogen-bond acceptors (Lipinski definition) is 3. The van der Waals surface area contributed by atoms with Gasteiger partial charge in [0.05, 0.1) is 11.2 Å². The molecule has 4 heteroatoms. The number of aryl methyl sites for hydroxylation is 1. The number of nitrogens with zero attached hydrogens (tertiary/aromatic N) is 2. The minimum atomic E-state index is 0.174. The number of aromatic nitrogens is 1. The Morgan fingerprint density at radius 2 is 1.96 bits per heavy atom. The van der Waals surface area contributed by atoms with Gasteiger partial charge in [-0.3, -0.25) is 9.78 Å². The largest absolute Gasteiger partial charge is 0.383 e. The number of para-hydroxylation sites is 2.